The first kappa shape index (κ1) is 20.8. The number of aromatic nitrogens is 3. The van der Waals surface area contributed by atoms with Gasteiger partial charge < -0.3 is 15.8 Å². The predicted octanol–water partition coefficient (Wildman–Crippen LogP) is 4.15. The average molecular weight is 441 g/mol. The second-order valence-electron chi connectivity index (χ2n) is 7.95. The van der Waals surface area contributed by atoms with Crippen molar-refractivity contribution >= 4 is 28.4 Å². The van der Waals surface area contributed by atoms with E-state index in [1.165, 1.54) is 6.20 Å². The first-order valence-electron chi connectivity index (χ1n) is 10.9. The third-order valence-electron chi connectivity index (χ3n) is 5.75. The van der Waals surface area contributed by atoms with Gasteiger partial charge in [0.15, 0.2) is 6.23 Å². The number of nitrogens with two attached hydrogens (primary N) is 1. The van der Waals surface area contributed by atoms with Gasteiger partial charge in [-0.05, 0) is 55.7 Å². The molecule has 3 heterocycles. The highest BCUT2D eigenvalue weighted by molar-refractivity contribution is 6.11. The lowest BCUT2D eigenvalue weighted by Gasteiger charge is -2.23. The lowest BCUT2D eigenvalue weighted by molar-refractivity contribution is -0.0365. The first-order chi connectivity index (χ1) is 16.1. The number of primary amides is 1. The molecule has 0 bridgehead atoms. The van der Waals surface area contributed by atoms with Crippen molar-refractivity contribution < 1.29 is 14.3 Å². The summed E-state index contributed by atoms with van der Waals surface area (Å²) in [6, 6.07) is 16.2. The Balaban J connectivity index is 1.59. The Kier molecular flexibility index (Phi) is 5.58. The molecule has 3 N–H and O–H groups in total. The molecule has 0 aliphatic carbocycles. The molecule has 5 rings (SSSR count). The van der Waals surface area contributed by atoms with E-state index in [0.717, 1.165) is 30.3 Å². The number of ether oxygens (including phenoxy) is 1. The van der Waals surface area contributed by atoms with Crippen molar-refractivity contribution in [1.82, 2.24) is 14.8 Å². The van der Waals surface area contributed by atoms with Crippen LogP contribution in [0.2, 0.25) is 0 Å². The van der Waals surface area contributed by atoms with Crippen LogP contribution in [0.25, 0.3) is 22.2 Å². The summed E-state index contributed by atoms with van der Waals surface area (Å²) < 4.78 is 7.81. The van der Waals surface area contributed by atoms with E-state index in [1.54, 1.807) is 36.5 Å². The number of hydrogen-bond acceptors (Lipinski definition) is 5. The van der Waals surface area contributed by atoms with Crippen LogP contribution in [0.15, 0.2) is 67.0 Å². The molecule has 0 saturated carbocycles. The summed E-state index contributed by atoms with van der Waals surface area (Å²) >= 11 is 0. The van der Waals surface area contributed by atoms with E-state index in [2.05, 4.69) is 10.3 Å². The number of hydrogen-bond donors (Lipinski definition) is 2. The van der Waals surface area contributed by atoms with Crippen LogP contribution >= 0.6 is 0 Å². The van der Waals surface area contributed by atoms with Gasteiger partial charge in [-0.2, -0.15) is 5.10 Å². The number of anilines is 1. The SMILES string of the molecule is NC(=O)c1cccc2c1c(-c1cccc(NC(=O)c3cccnc3)c1)nn2C1CCCCO1. The zero-order valence-electron chi connectivity index (χ0n) is 17.9. The molecule has 2 aromatic heterocycles. The van der Waals surface area contributed by atoms with Gasteiger partial charge in [0.25, 0.3) is 5.91 Å². The Morgan fingerprint density at radius 1 is 1.09 bits per heavy atom. The van der Waals surface area contributed by atoms with E-state index < -0.39 is 5.91 Å². The van der Waals surface area contributed by atoms with Gasteiger partial charge in [-0.1, -0.05) is 18.2 Å². The maximum Gasteiger partial charge on any atom is 0.257 e. The van der Waals surface area contributed by atoms with Crippen molar-refractivity contribution in [2.75, 3.05) is 11.9 Å². The van der Waals surface area contributed by atoms with Crippen LogP contribution in [-0.4, -0.2) is 33.2 Å². The molecule has 33 heavy (non-hydrogen) atoms. The standard InChI is InChI=1S/C25H23N5O3/c26-24(31)19-9-4-10-20-22(19)23(29-30(20)21-11-1-2-13-33-21)16-6-3-8-18(14-16)28-25(32)17-7-5-12-27-15-17/h3-10,12,14-15,21H,1-2,11,13H2,(H2,26,31)(H,28,32). The number of carbonyl (C=O) groups excluding carboxylic acids is 2. The van der Waals surface area contributed by atoms with Gasteiger partial charge in [-0.25, -0.2) is 4.68 Å². The average Bonchev–Trinajstić information content (AvgIpc) is 3.25. The highest BCUT2D eigenvalue weighted by Crippen LogP contribution is 2.35. The van der Waals surface area contributed by atoms with Crippen LogP contribution in [0, 0.1) is 0 Å². The van der Waals surface area contributed by atoms with Crippen molar-refractivity contribution in [2.24, 2.45) is 5.73 Å². The third-order valence-corrected chi connectivity index (χ3v) is 5.75. The minimum Gasteiger partial charge on any atom is -0.366 e. The first-order valence-corrected chi connectivity index (χ1v) is 10.9. The number of fused-ring (bicyclic) bond motifs is 1. The molecule has 1 atom stereocenters. The Morgan fingerprint density at radius 2 is 1.97 bits per heavy atom. The molecule has 8 nitrogen and oxygen atoms in total. The molecule has 4 aromatic rings. The van der Waals surface area contributed by atoms with E-state index in [1.807, 2.05) is 28.9 Å². The minimum absolute atomic E-state index is 0.202. The highest BCUT2D eigenvalue weighted by atomic mass is 16.5. The van der Waals surface area contributed by atoms with Gasteiger partial charge in [0, 0.05) is 35.6 Å². The van der Waals surface area contributed by atoms with Crippen molar-refractivity contribution in [3.63, 3.8) is 0 Å². The molecule has 1 fully saturated rings. The topological polar surface area (TPSA) is 112 Å². The normalized spacial score (nSPS) is 15.9. The van der Waals surface area contributed by atoms with E-state index in [-0.39, 0.29) is 12.1 Å². The molecular formula is C25H23N5O3. The number of rotatable bonds is 5. The van der Waals surface area contributed by atoms with Crippen LogP contribution in [0.4, 0.5) is 5.69 Å². The number of nitrogens with zero attached hydrogens (tertiary/aromatic N) is 3. The van der Waals surface area contributed by atoms with Crippen LogP contribution in [-0.2, 0) is 4.74 Å². The molecular weight excluding hydrogens is 418 g/mol. The number of pyridine rings is 1. The molecule has 1 unspecified atom stereocenters. The number of amides is 2. The summed E-state index contributed by atoms with van der Waals surface area (Å²) in [6.45, 7) is 0.673. The second kappa shape index (κ2) is 8.84. The van der Waals surface area contributed by atoms with E-state index >= 15 is 0 Å². The Bertz CT molecular complexity index is 1330. The zero-order chi connectivity index (χ0) is 22.8. The maximum atomic E-state index is 12.6. The van der Waals surface area contributed by atoms with Crippen LogP contribution in [0.3, 0.4) is 0 Å². The van der Waals surface area contributed by atoms with Crippen molar-refractivity contribution in [2.45, 2.75) is 25.5 Å². The van der Waals surface area contributed by atoms with Gasteiger partial charge in [-0.15, -0.1) is 0 Å². The molecule has 0 radical (unpaired) electrons. The molecule has 166 valence electrons. The smallest absolute Gasteiger partial charge is 0.257 e. The quantitative estimate of drug-likeness (QED) is 0.483. The Labute approximate surface area is 190 Å². The third kappa shape index (κ3) is 4.08. The van der Waals surface area contributed by atoms with Crippen LogP contribution in [0.1, 0.15) is 46.2 Å². The summed E-state index contributed by atoms with van der Waals surface area (Å²) in [5.74, 6) is -0.781. The molecule has 1 saturated heterocycles. The molecule has 0 spiro atoms. The van der Waals surface area contributed by atoms with Crippen LogP contribution < -0.4 is 11.1 Å². The summed E-state index contributed by atoms with van der Waals surface area (Å²) in [5, 5.41) is 8.44. The monoisotopic (exact) mass is 441 g/mol. The van der Waals surface area contributed by atoms with Gasteiger partial charge in [0.05, 0.1) is 16.6 Å². The fourth-order valence-electron chi connectivity index (χ4n) is 4.18. The largest absolute Gasteiger partial charge is 0.366 e. The van der Waals surface area contributed by atoms with Gasteiger partial charge >= 0.3 is 0 Å². The predicted molar refractivity (Wildman–Crippen MR) is 125 cm³/mol. The molecule has 1 aliphatic rings. The van der Waals surface area contributed by atoms with E-state index in [4.69, 9.17) is 15.6 Å². The number of carbonyl (C=O) groups is 2. The van der Waals surface area contributed by atoms with Gasteiger partial charge in [0.2, 0.25) is 5.91 Å². The highest BCUT2D eigenvalue weighted by Gasteiger charge is 2.24. The van der Waals surface area contributed by atoms with Crippen molar-refractivity contribution in [3.8, 4) is 11.3 Å². The minimum atomic E-state index is -0.521. The van der Waals surface area contributed by atoms with E-state index in [9.17, 15) is 9.59 Å². The van der Waals surface area contributed by atoms with Crippen LogP contribution in [0.5, 0.6) is 0 Å². The molecule has 1 aliphatic heterocycles. The second-order valence-corrected chi connectivity index (χ2v) is 7.95. The Morgan fingerprint density at radius 3 is 2.73 bits per heavy atom. The maximum absolute atomic E-state index is 12.6. The lowest BCUT2D eigenvalue weighted by atomic mass is 10.0. The molecule has 2 amide bonds. The summed E-state index contributed by atoms with van der Waals surface area (Å²) in [4.78, 5) is 28.8. The lowest BCUT2D eigenvalue weighted by Crippen LogP contribution is -2.19. The van der Waals surface area contributed by atoms with Crippen molar-refractivity contribution in [1.29, 1.82) is 0 Å². The van der Waals surface area contributed by atoms with Crippen molar-refractivity contribution in [3.05, 3.63) is 78.1 Å². The fourth-order valence-corrected chi connectivity index (χ4v) is 4.18. The summed E-state index contributed by atoms with van der Waals surface area (Å²) in [6.07, 6.45) is 5.84. The van der Waals surface area contributed by atoms with Gasteiger partial charge in [-0.3, -0.25) is 14.6 Å². The Hall–Kier alpha value is -4.04. The number of benzene rings is 2. The fraction of sp³-hybridized carbons (Fsp3) is 0.200. The summed E-state index contributed by atoms with van der Waals surface area (Å²) in [5.41, 5.74) is 9.33. The summed E-state index contributed by atoms with van der Waals surface area (Å²) in [7, 11) is 0. The van der Waals surface area contributed by atoms with Gasteiger partial charge in [0.1, 0.15) is 5.69 Å². The molecule has 8 heteroatoms. The van der Waals surface area contributed by atoms with E-state index in [0.29, 0.717) is 34.5 Å². The zero-order valence-corrected chi connectivity index (χ0v) is 17.9. The number of nitrogens with one attached hydrogen (secondary N) is 1. The molecule has 2 aromatic carbocycles.